The summed E-state index contributed by atoms with van der Waals surface area (Å²) in [4.78, 5) is 14.8. The van der Waals surface area contributed by atoms with Gasteiger partial charge in [-0.2, -0.15) is 0 Å². The molecule has 1 atom stereocenters. The minimum absolute atomic E-state index is 0.0209. The molecule has 4 nitrogen and oxygen atoms in total. The van der Waals surface area contributed by atoms with Crippen LogP contribution in [-0.2, 0) is 0 Å². The molecule has 0 aromatic heterocycles. The van der Waals surface area contributed by atoms with Gasteiger partial charge in [-0.25, -0.2) is 0 Å². The number of aryl methyl sites for hydroxylation is 2. The number of nitrogen functional groups attached to an aromatic ring is 1. The Morgan fingerprint density at radius 3 is 2.62 bits per heavy atom. The molecule has 0 spiro atoms. The number of carbonyl (C=O) groups is 1. The van der Waals surface area contributed by atoms with Gasteiger partial charge < -0.3 is 16.0 Å². The summed E-state index contributed by atoms with van der Waals surface area (Å²) in [6, 6.07) is 3.75. The van der Waals surface area contributed by atoms with Crippen LogP contribution in [-0.4, -0.2) is 37.0 Å². The normalized spacial score (nSPS) is 16.9. The average molecular weight is 289 g/mol. The molecule has 1 heterocycles. The molecular formula is C17H27N3O. The van der Waals surface area contributed by atoms with Crippen LogP contribution in [0.1, 0.15) is 41.3 Å². The van der Waals surface area contributed by atoms with Crippen molar-refractivity contribution in [2.75, 3.05) is 31.9 Å². The zero-order chi connectivity index (χ0) is 15.4. The first-order valence-corrected chi connectivity index (χ1v) is 7.84. The van der Waals surface area contributed by atoms with Crippen molar-refractivity contribution in [2.45, 2.75) is 33.6 Å². The third-order valence-electron chi connectivity index (χ3n) is 4.24. The topological polar surface area (TPSA) is 58.4 Å². The third-order valence-corrected chi connectivity index (χ3v) is 4.24. The van der Waals surface area contributed by atoms with Crippen LogP contribution in [0.3, 0.4) is 0 Å². The number of nitrogens with one attached hydrogen (secondary N) is 1. The Kier molecular flexibility index (Phi) is 5.23. The van der Waals surface area contributed by atoms with Crippen LogP contribution in [0, 0.1) is 19.8 Å². The van der Waals surface area contributed by atoms with E-state index in [4.69, 9.17) is 5.73 Å². The number of amides is 1. The molecule has 1 aromatic rings. The zero-order valence-corrected chi connectivity index (χ0v) is 13.4. The highest BCUT2D eigenvalue weighted by Gasteiger charge is 2.16. The standard InChI is InChI=1S/C17H27N3O/c1-12(11-20-6-4-5-7-20)10-19-17(21)15-9-16(18)14(3)8-13(15)2/h8-9,12H,4-7,10-11,18H2,1-3H3,(H,19,21). The molecule has 2 rings (SSSR count). The van der Waals surface area contributed by atoms with Crippen LogP contribution in [0.15, 0.2) is 12.1 Å². The number of benzene rings is 1. The van der Waals surface area contributed by atoms with Crippen LogP contribution < -0.4 is 11.1 Å². The zero-order valence-electron chi connectivity index (χ0n) is 13.4. The van der Waals surface area contributed by atoms with Crippen molar-refractivity contribution in [3.63, 3.8) is 0 Å². The molecule has 1 fully saturated rings. The number of anilines is 1. The van der Waals surface area contributed by atoms with Gasteiger partial charge in [0.25, 0.3) is 5.91 Å². The maximum atomic E-state index is 12.3. The molecule has 1 aliphatic rings. The molecule has 116 valence electrons. The summed E-state index contributed by atoms with van der Waals surface area (Å²) in [5.41, 5.74) is 9.27. The molecule has 1 aliphatic heterocycles. The number of hydrogen-bond acceptors (Lipinski definition) is 3. The second-order valence-corrected chi connectivity index (χ2v) is 6.35. The SMILES string of the molecule is Cc1cc(C)c(C(=O)NCC(C)CN2CCCC2)cc1N. The van der Waals surface area contributed by atoms with Crippen molar-refractivity contribution >= 4 is 11.6 Å². The second-order valence-electron chi connectivity index (χ2n) is 6.35. The molecule has 0 saturated carbocycles. The first-order valence-electron chi connectivity index (χ1n) is 7.84. The first-order chi connectivity index (χ1) is 9.97. The fourth-order valence-corrected chi connectivity index (χ4v) is 2.95. The van der Waals surface area contributed by atoms with Crippen LogP contribution in [0.5, 0.6) is 0 Å². The van der Waals surface area contributed by atoms with Crippen LogP contribution in [0.25, 0.3) is 0 Å². The van der Waals surface area contributed by atoms with Crippen LogP contribution in [0.2, 0.25) is 0 Å². The van der Waals surface area contributed by atoms with E-state index in [1.165, 1.54) is 25.9 Å². The van der Waals surface area contributed by atoms with Crippen molar-refractivity contribution in [1.29, 1.82) is 0 Å². The molecule has 4 heteroatoms. The Balaban J connectivity index is 1.87. The van der Waals surface area contributed by atoms with E-state index < -0.39 is 0 Å². The molecule has 1 aromatic carbocycles. The maximum Gasteiger partial charge on any atom is 0.251 e. The van der Waals surface area contributed by atoms with E-state index in [0.29, 0.717) is 23.7 Å². The van der Waals surface area contributed by atoms with E-state index >= 15 is 0 Å². The molecule has 0 aliphatic carbocycles. The van der Waals surface area contributed by atoms with Gasteiger partial charge in [0.1, 0.15) is 0 Å². The fourth-order valence-electron chi connectivity index (χ4n) is 2.95. The van der Waals surface area contributed by atoms with Gasteiger partial charge in [-0.15, -0.1) is 0 Å². The van der Waals surface area contributed by atoms with Gasteiger partial charge in [0.2, 0.25) is 0 Å². The lowest BCUT2D eigenvalue weighted by Gasteiger charge is -2.20. The Morgan fingerprint density at radius 1 is 1.29 bits per heavy atom. The lowest BCUT2D eigenvalue weighted by Crippen LogP contribution is -2.34. The number of likely N-dealkylation sites (tertiary alicyclic amines) is 1. The van der Waals surface area contributed by atoms with E-state index in [1.807, 2.05) is 19.9 Å². The predicted molar refractivity (Wildman–Crippen MR) is 87.5 cm³/mol. The van der Waals surface area contributed by atoms with E-state index in [0.717, 1.165) is 17.7 Å². The minimum atomic E-state index is -0.0209. The molecule has 1 unspecified atom stereocenters. The van der Waals surface area contributed by atoms with Gasteiger partial charge in [0.15, 0.2) is 0 Å². The van der Waals surface area contributed by atoms with Crippen molar-refractivity contribution in [2.24, 2.45) is 5.92 Å². The lowest BCUT2D eigenvalue weighted by atomic mass is 10.0. The van der Waals surface area contributed by atoms with Gasteiger partial charge in [-0.3, -0.25) is 4.79 Å². The monoisotopic (exact) mass is 289 g/mol. The Bertz CT molecular complexity index is 507. The molecule has 0 bridgehead atoms. The maximum absolute atomic E-state index is 12.3. The van der Waals surface area contributed by atoms with Crippen molar-refractivity contribution in [3.05, 3.63) is 28.8 Å². The summed E-state index contributed by atoms with van der Waals surface area (Å²) in [5.74, 6) is 0.447. The van der Waals surface area contributed by atoms with Gasteiger partial charge in [-0.1, -0.05) is 13.0 Å². The summed E-state index contributed by atoms with van der Waals surface area (Å²) >= 11 is 0. The number of nitrogens with two attached hydrogens (primary N) is 1. The minimum Gasteiger partial charge on any atom is -0.398 e. The van der Waals surface area contributed by atoms with Gasteiger partial charge in [-0.05, 0) is 62.9 Å². The van der Waals surface area contributed by atoms with Gasteiger partial charge in [0.05, 0.1) is 0 Å². The number of nitrogens with zero attached hydrogens (tertiary/aromatic N) is 1. The smallest absolute Gasteiger partial charge is 0.251 e. The summed E-state index contributed by atoms with van der Waals surface area (Å²) in [6.07, 6.45) is 2.61. The highest BCUT2D eigenvalue weighted by atomic mass is 16.1. The van der Waals surface area contributed by atoms with Crippen LogP contribution in [0.4, 0.5) is 5.69 Å². The molecule has 1 saturated heterocycles. The quantitative estimate of drug-likeness (QED) is 0.818. The second kappa shape index (κ2) is 6.94. The first kappa shape index (κ1) is 15.8. The molecule has 21 heavy (non-hydrogen) atoms. The Morgan fingerprint density at radius 2 is 1.95 bits per heavy atom. The summed E-state index contributed by atoms with van der Waals surface area (Å²) in [6.45, 7) is 10.3. The largest absolute Gasteiger partial charge is 0.398 e. The van der Waals surface area contributed by atoms with Crippen molar-refractivity contribution < 1.29 is 4.79 Å². The fraction of sp³-hybridized carbons (Fsp3) is 0.588. The highest BCUT2D eigenvalue weighted by Crippen LogP contribution is 2.18. The summed E-state index contributed by atoms with van der Waals surface area (Å²) in [7, 11) is 0. The average Bonchev–Trinajstić information content (AvgIpc) is 2.93. The van der Waals surface area contributed by atoms with Crippen LogP contribution >= 0.6 is 0 Å². The summed E-state index contributed by atoms with van der Waals surface area (Å²) < 4.78 is 0. The molecule has 1 amide bonds. The van der Waals surface area contributed by atoms with E-state index in [2.05, 4.69) is 17.1 Å². The van der Waals surface area contributed by atoms with E-state index in [1.54, 1.807) is 6.07 Å². The Labute approximate surface area is 127 Å². The van der Waals surface area contributed by atoms with Gasteiger partial charge >= 0.3 is 0 Å². The van der Waals surface area contributed by atoms with E-state index in [9.17, 15) is 4.79 Å². The van der Waals surface area contributed by atoms with Crippen molar-refractivity contribution in [1.82, 2.24) is 10.2 Å². The molecule has 3 N–H and O–H groups in total. The number of hydrogen-bond donors (Lipinski definition) is 2. The number of carbonyl (C=O) groups excluding carboxylic acids is 1. The lowest BCUT2D eigenvalue weighted by molar-refractivity contribution is 0.0944. The highest BCUT2D eigenvalue weighted by molar-refractivity contribution is 5.96. The molecule has 0 radical (unpaired) electrons. The number of rotatable bonds is 5. The predicted octanol–water partition coefficient (Wildman–Crippen LogP) is 2.35. The summed E-state index contributed by atoms with van der Waals surface area (Å²) in [5, 5.41) is 3.04. The van der Waals surface area contributed by atoms with E-state index in [-0.39, 0.29) is 5.91 Å². The molecular weight excluding hydrogens is 262 g/mol. The Hall–Kier alpha value is -1.55. The van der Waals surface area contributed by atoms with Crippen molar-refractivity contribution in [3.8, 4) is 0 Å². The third kappa shape index (κ3) is 4.21. The van der Waals surface area contributed by atoms with Gasteiger partial charge in [0, 0.05) is 24.3 Å².